The second-order valence-corrected chi connectivity index (χ2v) is 10.3. The van der Waals surface area contributed by atoms with Crippen LogP contribution in [0.1, 0.15) is 45.2 Å². The van der Waals surface area contributed by atoms with E-state index in [1.165, 1.54) is 0 Å². The van der Waals surface area contributed by atoms with Crippen molar-refractivity contribution < 1.29 is 18.7 Å². The summed E-state index contributed by atoms with van der Waals surface area (Å²) < 4.78 is 25.3. The van der Waals surface area contributed by atoms with Crippen LogP contribution in [0.15, 0.2) is 78.9 Å². The molecule has 2 atom stereocenters. The van der Waals surface area contributed by atoms with Crippen molar-refractivity contribution in [1.29, 1.82) is 0 Å². The van der Waals surface area contributed by atoms with Crippen LogP contribution in [0.5, 0.6) is 17.2 Å². The van der Waals surface area contributed by atoms with E-state index in [0.29, 0.717) is 17.9 Å². The maximum Gasteiger partial charge on any atom is 0.433 e. The molecule has 3 aromatic rings. The third-order valence-electron chi connectivity index (χ3n) is 5.50. The molecule has 0 amide bonds. The highest BCUT2D eigenvalue weighted by atomic mass is 31.2. The molecule has 30 heavy (non-hydrogen) atoms. The van der Waals surface area contributed by atoms with Gasteiger partial charge < -0.3 is 14.2 Å². The minimum absolute atomic E-state index is 0.245. The van der Waals surface area contributed by atoms with Gasteiger partial charge in [-0.1, -0.05) is 63.2 Å². The molecule has 0 saturated heterocycles. The average Bonchev–Trinajstić information content (AvgIpc) is 2.74. The molecule has 0 heterocycles. The quantitative estimate of drug-likeness (QED) is 0.390. The van der Waals surface area contributed by atoms with Crippen molar-refractivity contribution >= 4 is 7.60 Å². The molecule has 0 spiro atoms. The van der Waals surface area contributed by atoms with Crippen LogP contribution in [-0.4, -0.2) is 10.8 Å². The predicted molar refractivity (Wildman–Crippen MR) is 122 cm³/mol. The summed E-state index contributed by atoms with van der Waals surface area (Å²) >= 11 is 0. The Morgan fingerprint density at radius 1 is 0.833 bits per heavy atom. The Balaban J connectivity index is 1.83. The fourth-order valence-electron chi connectivity index (χ4n) is 3.17. The number of phenolic OH excluding ortho intramolecular Hbond substituents is 1. The summed E-state index contributed by atoms with van der Waals surface area (Å²) in [5.41, 5.74) is 1.67. The number of phenols is 1. The zero-order chi connectivity index (χ0) is 21.8. The molecule has 1 N–H and O–H groups in total. The Morgan fingerprint density at radius 2 is 1.30 bits per heavy atom. The van der Waals surface area contributed by atoms with Crippen molar-refractivity contribution in [3.63, 3.8) is 0 Å². The molecule has 158 valence electrons. The molecule has 5 heteroatoms. The van der Waals surface area contributed by atoms with Gasteiger partial charge >= 0.3 is 7.60 Å². The minimum Gasteiger partial charge on any atom is -0.508 e. The molecule has 4 nitrogen and oxygen atoms in total. The van der Waals surface area contributed by atoms with E-state index in [1.54, 1.807) is 24.3 Å². The van der Waals surface area contributed by atoms with Crippen molar-refractivity contribution in [3.05, 3.63) is 90.0 Å². The first-order valence-electron chi connectivity index (χ1n) is 10.2. The smallest absolute Gasteiger partial charge is 0.433 e. The lowest BCUT2D eigenvalue weighted by atomic mass is 9.78. The summed E-state index contributed by atoms with van der Waals surface area (Å²) in [6.45, 7) is 8.10. The summed E-state index contributed by atoms with van der Waals surface area (Å²) in [5, 5.41) is 9.55. The van der Waals surface area contributed by atoms with Crippen molar-refractivity contribution in [2.24, 2.45) is 0 Å². The maximum absolute atomic E-state index is 13.6. The van der Waals surface area contributed by atoms with Gasteiger partial charge in [0.1, 0.15) is 17.2 Å². The molecular weight excluding hydrogens is 395 g/mol. The highest BCUT2D eigenvalue weighted by Crippen LogP contribution is 2.53. The van der Waals surface area contributed by atoms with Crippen molar-refractivity contribution in [2.45, 2.75) is 45.2 Å². The number of rotatable bonds is 8. The topological polar surface area (TPSA) is 55.8 Å². The van der Waals surface area contributed by atoms with Crippen LogP contribution in [0.2, 0.25) is 0 Å². The zero-order valence-electron chi connectivity index (χ0n) is 17.9. The summed E-state index contributed by atoms with van der Waals surface area (Å²) in [4.78, 5) is 0. The summed E-state index contributed by atoms with van der Waals surface area (Å²) in [7, 11) is -3.40. The Labute approximate surface area is 179 Å². The fourth-order valence-corrected chi connectivity index (χ4v) is 4.85. The third kappa shape index (κ3) is 4.88. The van der Waals surface area contributed by atoms with E-state index in [4.69, 9.17) is 9.05 Å². The van der Waals surface area contributed by atoms with E-state index in [0.717, 1.165) is 11.1 Å². The van der Waals surface area contributed by atoms with Crippen LogP contribution in [0, 0.1) is 0 Å². The first kappa shape index (κ1) is 22.0. The van der Waals surface area contributed by atoms with Crippen LogP contribution < -0.4 is 9.05 Å². The monoisotopic (exact) mass is 424 g/mol. The third-order valence-corrected chi connectivity index (χ3v) is 7.88. The lowest BCUT2D eigenvalue weighted by molar-refractivity contribution is 0.372. The second-order valence-electron chi connectivity index (χ2n) is 7.99. The van der Waals surface area contributed by atoms with Crippen molar-refractivity contribution in [3.8, 4) is 17.2 Å². The Morgan fingerprint density at radius 3 is 1.80 bits per heavy atom. The average molecular weight is 424 g/mol. The van der Waals surface area contributed by atoms with E-state index in [2.05, 4.69) is 13.8 Å². The number of para-hydroxylation sites is 1. The lowest BCUT2D eigenvalue weighted by Crippen LogP contribution is -2.18. The van der Waals surface area contributed by atoms with Gasteiger partial charge in [0.05, 0.1) is 5.66 Å². The molecule has 0 bridgehead atoms. The van der Waals surface area contributed by atoms with E-state index in [1.807, 2.05) is 68.4 Å². The minimum atomic E-state index is -3.40. The number of hydrogen-bond donors (Lipinski definition) is 1. The number of benzene rings is 3. The molecule has 0 fully saturated rings. The van der Waals surface area contributed by atoms with E-state index in [9.17, 15) is 9.67 Å². The molecule has 0 aliphatic heterocycles. The summed E-state index contributed by atoms with van der Waals surface area (Å²) in [5.74, 6) is 1.29. The molecule has 0 aliphatic carbocycles. The number of hydrogen-bond acceptors (Lipinski definition) is 4. The lowest BCUT2D eigenvalue weighted by Gasteiger charge is -2.27. The first-order chi connectivity index (χ1) is 14.2. The zero-order valence-corrected chi connectivity index (χ0v) is 18.8. The van der Waals surface area contributed by atoms with Crippen LogP contribution in [0.3, 0.4) is 0 Å². The van der Waals surface area contributed by atoms with Gasteiger partial charge in [0.25, 0.3) is 0 Å². The van der Waals surface area contributed by atoms with Crippen LogP contribution in [0.25, 0.3) is 0 Å². The van der Waals surface area contributed by atoms with Crippen LogP contribution >= 0.6 is 7.60 Å². The summed E-state index contributed by atoms with van der Waals surface area (Å²) in [6.07, 6.45) is 0.677. The van der Waals surface area contributed by atoms with E-state index < -0.39 is 7.60 Å². The normalized spacial score (nSPS) is 14.5. The van der Waals surface area contributed by atoms with Crippen molar-refractivity contribution in [2.75, 3.05) is 0 Å². The van der Waals surface area contributed by atoms with Gasteiger partial charge in [-0.15, -0.1) is 0 Å². The molecular formula is C25H29O4P. The van der Waals surface area contributed by atoms with Gasteiger partial charge in [-0.05, 0) is 60.9 Å². The van der Waals surface area contributed by atoms with Gasteiger partial charge in [0.15, 0.2) is 0 Å². The molecule has 0 radical (unpaired) electrons. The molecule has 3 aromatic carbocycles. The number of aromatic hydroxyl groups is 1. The predicted octanol–water partition coefficient (Wildman–Crippen LogP) is 7.17. The van der Waals surface area contributed by atoms with E-state index in [-0.39, 0.29) is 16.8 Å². The largest absolute Gasteiger partial charge is 0.508 e. The molecule has 2 unspecified atom stereocenters. The second kappa shape index (κ2) is 8.97. The Bertz CT molecular complexity index is 996. The standard InChI is InChI=1S/C25H29O4P/c1-5-19(2)30(27,28-23-9-7-6-8-10-23)29-24-17-13-21(14-18-24)25(3,4)20-11-15-22(26)16-12-20/h6-19,26H,5H2,1-4H3. The molecule has 0 aliphatic rings. The molecule has 0 saturated carbocycles. The van der Waals surface area contributed by atoms with Crippen LogP contribution in [-0.2, 0) is 9.98 Å². The summed E-state index contributed by atoms with van der Waals surface area (Å²) in [6, 6.07) is 24.0. The van der Waals surface area contributed by atoms with Gasteiger partial charge in [-0.25, -0.2) is 4.57 Å². The SMILES string of the molecule is CCC(C)P(=O)(Oc1ccccc1)Oc1ccc(C(C)(C)c2ccc(O)cc2)cc1. The first-order valence-corrected chi connectivity index (χ1v) is 11.8. The van der Waals surface area contributed by atoms with Gasteiger partial charge in [-0.3, -0.25) is 0 Å². The van der Waals surface area contributed by atoms with Gasteiger partial charge in [0, 0.05) is 5.41 Å². The maximum atomic E-state index is 13.6. The van der Waals surface area contributed by atoms with E-state index >= 15 is 0 Å². The fraction of sp³-hybridized carbons (Fsp3) is 0.280. The van der Waals surface area contributed by atoms with Gasteiger partial charge in [-0.2, -0.15) is 0 Å². The molecule has 3 rings (SSSR count). The Kier molecular flexibility index (Phi) is 6.58. The Hall–Kier alpha value is -2.71. The van der Waals surface area contributed by atoms with Crippen LogP contribution in [0.4, 0.5) is 0 Å². The highest BCUT2D eigenvalue weighted by Gasteiger charge is 2.35. The van der Waals surface area contributed by atoms with Gasteiger partial charge in [0.2, 0.25) is 0 Å². The highest BCUT2D eigenvalue weighted by molar-refractivity contribution is 7.55. The molecule has 0 aromatic heterocycles. The van der Waals surface area contributed by atoms with Crippen molar-refractivity contribution in [1.82, 2.24) is 0 Å².